The van der Waals surface area contributed by atoms with E-state index in [0.29, 0.717) is 12.0 Å². The molecule has 2 rings (SSSR count). The number of nitrogens with one attached hydrogen (secondary N) is 1. The first-order valence-corrected chi connectivity index (χ1v) is 8.29. The molecule has 108 valence electrons. The Bertz CT molecular complexity index is 383. The van der Waals surface area contributed by atoms with Crippen LogP contribution in [0.5, 0.6) is 0 Å². The summed E-state index contributed by atoms with van der Waals surface area (Å²) in [6.07, 6.45) is 4.57. The zero-order chi connectivity index (χ0) is 13.7. The summed E-state index contributed by atoms with van der Waals surface area (Å²) >= 11 is 1.90. The van der Waals surface area contributed by atoms with Gasteiger partial charge in [0.25, 0.3) is 0 Å². The van der Waals surface area contributed by atoms with Crippen molar-refractivity contribution >= 4 is 11.3 Å². The van der Waals surface area contributed by atoms with E-state index in [0.717, 1.165) is 32.6 Å². The van der Waals surface area contributed by atoms with Crippen LogP contribution in [0, 0.1) is 5.92 Å². The van der Waals surface area contributed by atoms with Gasteiger partial charge in [-0.1, -0.05) is 27.2 Å². The van der Waals surface area contributed by atoms with Gasteiger partial charge < -0.3 is 10.1 Å². The molecule has 1 N–H and O–H groups in total. The average Bonchev–Trinajstić information content (AvgIpc) is 2.98. The first kappa shape index (κ1) is 14.9. The van der Waals surface area contributed by atoms with Gasteiger partial charge in [-0.2, -0.15) is 0 Å². The van der Waals surface area contributed by atoms with Crippen molar-refractivity contribution < 1.29 is 4.74 Å². The van der Waals surface area contributed by atoms with E-state index in [1.807, 2.05) is 11.3 Å². The lowest BCUT2D eigenvalue weighted by Gasteiger charge is -2.07. The van der Waals surface area contributed by atoms with Crippen LogP contribution in [0.3, 0.4) is 0 Å². The number of aryl methyl sites for hydroxylation is 1. The molecule has 1 aliphatic heterocycles. The van der Waals surface area contributed by atoms with Crippen LogP contribution in [-0.2, 0) is 24.1 Å². The second-order valence-corrected chi connectivity index (χ2v) is 6.86. The van der Waals surface area contributed by atoms with Gasteiger partial charge in [-0.25, -0.2) is 4.98 Å². The Morgan fingerprint density at radius 1 is 1.47 bits per heavy atom. The summed E-state index contributed by atoms with van der Waals surface area (Å²) in [4.78, 5) is 6.30. The first-order valence-electron chi connectivity index (χ1n) is 7.47. The van der Waals surface area contributed by atoms with E-state index in [4.69, 9.17) is 9.72 Å². The fourth-order valence-electron chi connectivity index (χ4n) is 2.38. The van der Waals surface area contributed by atoms with Gasteiger partial charge in [-0.3, -0.25) is 0 Å². The van der Waals surface area contributed by atoms with Gasteiger partial charge in [0, 0.05) is 37.1 Å². The molecule has 0 amide bonds. The summed E-state index contributed by atoms with van der Waals surface area (Å²) < 4.78 is 5.46. The largest absolute Gasteiger partial charge is 0.381 e. The van der Waals surface area contributed by atoms with Crippen LogP contribution >= 0.6 is 11.3 Å². The molecule has 1 saturated heterocycles. The molecule has 0 spiro atoms. The topological polar surface area (TPSA) is 34.1 Å². The van der Waals surface area contributed by atoms with Crippen LogP contribution < -0.4 is 5.32 Å². The van der Waals surface area contributed by atoms with E-state index in [1.165, 1.54) is 28.4 Å². The van der Waals surface area contributed by atoms with Crippen molar-refractivity contribution in [3.05, 3.63) is 15.6 Å². The number of thiazole rings is 1. The third kappa shape index (κ3) is 4.55. The summed E-state index contributed by atoms with van der Waals surface area (Å²) in [5, 5.41) is 4.82. The van der Waals surface area contributed by atoms with Gasteiger partial charge in [0.1, 0.15) is 0 Å². The van der Waals surface area contributed by atoms with Crippen molar-refractivity contribution in [1.29, 1.82) is 0 Å². The molecule has 4 heteroatoms. The fraction of sp³-hybridized carbons (Fsp3) is 0.800. The summed E-state index contributed by atoms with van der Waals surface area (Å²) in [7, 11) is 0. The maximum atomic E-state index is 5.46. The predicted octanol–water partition coefficient (Wildman–Crippen LogP) is 3.17. The number of ether oxygens (including phenoxy) is 1. The Morgan fingerprint density at radius 3 is 2.95 bits per heavy atom. The van der Waals surface area contributed by atoms with E-state index in [9.17, 15) is 0 Å². The van der Waals surface area contributed by atoms with Gasteiger partial charge >= 0.3 is 0 Å². The van der Waals surface area contributed by atoms with E-state index in [1.54, 1.807) is 0 Å². The summed E-state index contributed by atoms with van der Waals surface area (Å²) in [6, 6.07) is 0.531. The molecule has 0 radical (unpaired) electrons. The van der Waals surface area contributed by atoms with Gasteiger partial charge in [-0.15, -0.1) is 11.3 Å². The van der Waals surface area contributed by atoms with Crippen molar-refractivity contribution in [2.45, 2.75) is 59.0 Å². The number of hydrogen-bond acceptors (Lipinski definition) is 4. The maximum absolute atomic E-state index is 5.46. The van der Waals surface area contributed by atoms with E-state index in [-0.39, 0.29) is 0 Å². The van der Waals surface area contributed by atoms with Crippen molar-refractivity contribution in [2.24, 2.45) is 5.92 Å². The molecular formula is C15H26N2OS. The molecule has 0 saturated carbocycles. The molecule has 1 aromatic rings. The lowest BCUT2D eigenvalue weighted by molar-refractivity contribution is 0.186. The molecule has 1 atom stereocenters. The van der Waals surface area contributed by atoms with Crippen LogP contribution in [-0.4, -0.2) is 24.2 Å². The van der Waals surface area contributed by atoms with Crippen molar-refractivity contribution in [3.8, 4) is 0 Å². The molecule has 1 unspecified atom stereocenters. The molecule has 2 heterocycles. The fourth-order valence-corrected chi connectivity index (χ4v) is 3.56. The summed E-state index contributed by atoms with van der Waals surface area (Å²) in [6.45, 7) is 9.42. The minimum atomic E-state index is 0.531. The van der Waals surface area contributed by atoms with Crippen molar-refractivity contribution in [1.82, 2.24) is 10.3 Å². The highest BCUT2D eigenvalue weighted by Gasteiger charge is 2.19. The second kappa shape index (κ2) is 7.36. The van der Waals surface area contributed by atoms with Crippen molar-refractivity contribution in [2.75, 3.05) is 13.2 Å². The zero-order valence-electron chi connectivity index (χ0n) is 12.4. The monoisotopic (exact) mass is 282 g/mol. The minimum Gasteiger partial charge on any atom is -0.381 e. The Kier molecular flexibility index (Phi) is 5.79. The minimum absolute atomic E-state index is 0.531. The molecule has 0 aromatic carbocycles. The molecule has 19 heavy (non-hydrogen) atoms. The lowest BCUT2D eigenvalue weighted by Crippen LogP contribution is -2.21. The Hall–Kier alpha value is -0.450. The second-order valence-electron chi connectivity index (χ2n) is 5.70. The highest BCUT2D eigenvalue weighted by molar-refractivity contribution is 7.11. The Labute approximate surface area is 120 Å². The normalized spacial score (nSPS) is 19.5. The highest BCUT2D eigenvalue weighted by Crippen LogP contribution is 2.25. The Morgan fingerprint density at radius 2 is 2.32 bits per heavy atom. The maximum Gasteiger partial charge on any atom is 0.0935 e. The van der Waals surface area contributed by atoms with Gasteiger partial charge in [-0.05, 0) is 18.8 Å². The van der Waals surface area contributed by atoms with Crippen LogP contribution in [0.4, 0.5) is 0 Å². The average molecular weight is 282 g/mol. The van der Waals surface area contributed by atoms with Gasteiger partial charge in [0.15, 0.2) is 0 Å². The Balaban J connectivity index is 2.00. The van der Waals surface area contributed by atoms with Crippen LogP contribution in [0.15, 0.2) is 0 Å². The third-order valence-electron chi connectivity index (χ3n) is 3.47. The van der Waals surface area contributed by atoms with Gasteiger partial charge in [0.05, 0.1) is 10.7 Å². The summed E-state index contributed by atoms with van der Waals surface area (Å²) in [5.41, 5.74) is 1.31. The number of hydrogen-bond donors (Lipinski definition) is 1. The zero-order valence-corrected chi connectivity index (χ0v) is 13.2. The SMILES string of the molecule is CCCc1nc(CC2CCOC2)sc1CNC(C)C. The molecule has 1 aliphatic rings. The van der Waals surface area contributed by atoms with E-state index >= 15 is 0 Å². The van der Waals surface area contributed by atoms with Crippen LogP contribution in [0.1, 0.15) is 49.2 Å². The predicted molar refractivity (Wildman–Crippen MR) is 80.7 cm³/mol. The van der Waals surface area contributed by atoms with E-state index in [2.05, 4.69) is 26.1 Å². The van der Waals surface area contributed by atoms with Crippen molar-refractivity contribution in [3.63, 3.8) is 0 Å². The van der Waals surface area contributed by atoms with E-state index < -0.39 is 0 Å². The first-order chi connectivity index (χ1) is 9.19. The highest BCUT2D eigenvalue weighted by atomic mass is 32.1. The standard InChI is InChI=1S/C15H26N2OS/c1-4-5-13-14(9-16-11(2)3)19-15(17-13)8-12-6-7-18-10-12/h11-12,16H,4-10H2,1-3H3. The number of aromatic nitrogens is 1. The summed E-state index contributed by atoms with van der Waals surface area (Å²) in [5.74, 6) is 0.687. The third-order valence-corrected chi connectivity index (χ3v) is 4.59. The molecule has 1 fully saturated rings. The number of rotatable bonds is 7. The lowest BCUT2D eigenvalue weighted by atomic mass is 10.1. The molecule has 3 nitrogen and oxygen atoms in total. The number of nitrogens with zero attached hydrogens (tertiary/aromatic N) is 1. The molecular weight excluding hydrogens is 256 g/mol. The molecule has 1 aromatic heterocycles. The molecule has 0 aliphatic carbocycles. The quantitative estimate of drug-likeness (QED) is 0.834. The van der Waals surface area contributed by atoms with Crippen LogP contribution in [0.25, 0.3) is 0 Å². The molecule has 0 bridgehead atoms. The van der Waals surface area contributed by atoms with Gasteiger partial charge in [0.2, 0.25) is 0 Å². The smallest absolute Gasteiger partial charge is 0.0935 e. The van der Waals surface area contributed by atoms with Crippen LogP contribution in [0.2, 0.25) is 0 Å².